The maximum atomic E-state index is 6.29. The minimum absolute atomic E-state index is 0.120. The molecule has 0 bridgehead atoms. The molecule has 2 heterocycles. The standard InChI is InChI=1S/C15H16BrClN4/c1-10(17)15-19-13-7-12(16)3-4-14(13)21(15)6-5-11-8-18-20(2)9-11/h3-4,7-10H,5-6H2,1-2H3. The third-order valence-corrected chi connectivity index (χ3v) is 4.17. The van der Waals surface area contributed by atoms with Crippen LogP contribution in [0, 0.1) is 0 Å². The van der Waals surface area contributed by atoms with Gasteiger partial charge in [-0.1, -0.05) is 15.9 Å². The molecule has 110 valence electrons. The monoisotopic (exact) mass is 366 g/mol. The summed E-state index contributed by atoms with van der Waals surface area (Å²) in [7, 11) is 1.93. The molecule has 0 radical (unpaired) electrons. The number of aromatic nitrogens is 4. The van der Waals surface area contributed by atoms with E-state index in [2.05, 4.69) is 36.6 Å². The van der Waals surface area contributed by atoms with Gasteiger partial charge in [-0.3, -0.25) is 4.68 Å². The highest BCUT2D eigenvalue weighted by Crippen LogP contribution is 2.27. The Kier molecular flexibility index (Phi) is 4.04. The first-order valence-electron chi connectivity index (χ1n) is 6.82. The predicted molar refractivity (Wildman–Crippen MR) is 88.6 cm³/mol. The summed E-state index contributed by atoms with van der Waals surface area (Å²) < 4.78 is 5.05. The van der Waals surface area contributed by atoms with Crippen LogP contribution in [0.2, 0.25) is 0 Å². The Labute approximate surface area is 136 Å². The number of benzene rings is 1. The van der Waals surface area contributed by atoms with Crippen LogP contribution in [-0.2, 0) is 20.0 Å². The summed E-state index contributed by atoms with van der Waals surface area (Å²) in [5.41, 5.74) is 3.30. The van der Waals surface area contributed by atoms with Gasteiger partial charge in [0.25, 0.3) is 0 Å². The Morgan fingerprint density at radius 1 is 1.38 bits per heavy atom. The maximum absolute atomic E-state index is 6.29. The van der Waals surface area contributed by atoms with Gasteiger partial charge in [-0.2, -0.15) is 5.10 Å². The molecule has 0 aliphatic rings. The first-order chi connectivity index (χ1) is 10.0. The Morgan fingerprint density at radius 2 is 2.19 bits per heavy atom. The van der Waals surface area contributed by atoms with Crippen molar-refractivity contribution in [1.29, 1.82) is 0 Å². The Morgan fingerprint density at radius 3 is 2.86 bits per heavy atom. The molecule has 6 heteroatoms. The Balaban J connectivity index is 1.97. The van der Waals surface area contributed by atoms with Crippen molar-refractivity contribution in [1.82, 2.24) is 19.3 Å². The number of nitrogens with zero attached hydrogens (tertiary/aromatic N) is 4. The van der Waals surface area contributed by atoms with Gasteiger partial charge in [0.2, 0.25) is 0 Å². The zero-order valence-electron chi connectivity index (χ0n) is 11.9. The van der Waals surface area contributed by atoms with E-state index < -0.39 is 0 Å². The fourth-order valence-corrected chi connectivity index (χ4v) is 3.02. The van der Waals surface area contributed by atoms with Gasteiger partial charge in [0.05, 0.1) is 22.6 Å². The van der Waals surface area contributed by atoms with E-state index in [0.29, 0.717) is 0 Å². The molecule has 3 aromatic rings. The van der Waals surface area contributed by atoms with Gasteiger partial charge in [0.15, 0.2) is 0 Å². The van der Waals surface area contributed by atoms with Gasteiger partial charge in [-0.15, -0.1) is 11.6 Å². The first kappa shape index (κ1) is 14.6. The highest BCUT2D eigenvalue weighted by molar-refractivity contribution is 9.10. The summed E-state index contributed by atoms with van der Waals surface area (Å²) in [4.78, 5) is 4.67. The van der Waals surface area contributed by atoms with E-state index in [1.54, 1.807) is 0 Å². The van der Waals surface area contributed by atoms with Crippen LogP contribution >= 0.6 is 27.5 Å². The molecule has 0 fully saturated rings. The van der Waals surface area contributed by atoms with Crippen molar-refractivity contribution < 1.29 is 0 Å². The van der Waals surface area contributed by atoms with Crippen LogP contribution in [0.1, 0.15) is 23.7 Å². The predicted octanol–water partition coefficient (Wildman–Crippen LogP) is 4.07. The minimum atomic E-state index is -0.120. The Bertz CT molecular complexity index is 775. The molecule has 0 amide bonds. The third-order valence-electron chi connectivity index (χ3n) is 3.48. The summed E-state index contributed by atoms with van der Waals surface area (Å²) in [6.45, 7) is 2.80. The van der Waals surface area contributed by atoms with E-state index in [9.17, 15) is 0 Å². The number of alkyl halides is 1. The molecule has 1 atom stereocenters. The fourth-order valence-electron chi connectivity index (χ4n) is 2.50. The van der Waals surface area contributed by atoms with Crippen molar-refractivity contribution >= 4 is 38.6 Å². The lowest BCUT2D eigenvalue weighted by molar-refractivity contribution is 0.667. The molecule has 0 saturated carbocycles. The molecule has 2 aromatic heterocycles. The van der Waals surface area contributed by atoms with Crippen molar-refractivity contribution in [2.45, 2.75) is 25.3 Å². The van der Waals surface area contributed by atoms with Crippen molar-refractivity contribution in [3.8, 4) is 0 Å². The molecule has 21 heavy (non-hydrogen) atoms. The SMILES string of the molecule is CC(Cl)c1nc2cc(Br)ccc2n1CCc1cnn(C)c1. The third kappa shape index (κ3) is 2.99. The van der Waals surface area contributed by atoms with Crippen LogP contribution in [0.5, 0.6) is 0 Å². The highest BCUT2D eigenvalue weighted by Gasteiger charge is 2.15. The number of halogens is 2. The summed E-state index contributed by atoms with van der Waals surface area (Å²) in [6, 6.07) is 6.14. The summed E-state index contributed by atoms with van der Waals surface area (Å²) in [6.07, 6.45) is 4.85. The van der Waals surface area contributed by atoms with Crippen LogP contribution < -0.4 is 0 Å². The van der Waals surface area contributed by atoms with Crippen LogP contribution in [0.3, 0.4) is 0 Å². The number of hydrogen-bond donors (Lipinski definition) is 0. The smallest absolute Gasteiger partial charge is 0.127 e. The van der Waals surface area contributed by atoms with Crippen LogP contribution in [0.15, 0.2) is 35.1 Å². The Hall–Kier alpha value is -1.33. The van der Waals surface area contributed by atoms with Crippen molar-refractivity contribution in [2.75, 3.05) is 0 Å². The molecular weight excluding hydrogens is 352 g/mol. The lowest BCUT2D eigenvalue weighted by atomic mass is 10.2. The minimum Gasteiger partial charge on any atom is -0.326 e. The zero-order valence-corrected chi connectivity index (χ0v) is 14.3. The second-order valence-electron chi connectivity index (χ2n) is 5.14. The lowest BCUT2D eigenvalue weighted by Crippen LogP contribution is -2.06. The zero-order chi connectivity index (χ0) is 15.0. The first-order valence-corrected chi connectivity index (χ1v) is 8.05. The van der Waals surface area contributed by atoms with Crippen LogP contribution in [-0.4, -0.2) is 19.3 Å². The average molecular weight is 368 g/mol. The number of imidazole rings is 1. The second-order valence-corrected chi connectivity index (χ2v) is 6.71. The molecular formula is C15H16BrClN4. The number of hydrogen-bond acceptors (Lipinski definition) is 2. The highest BCUT2D eigenvalue weighted by atomic mass is 79.9. The van der Waals surface area contributed by atoms with E-state index in [0.717, 1.165) is 34.3 Å². The van der Waals surface area contributed by atoms with E-state index >= 15 is 0 Å². The van der Waals surface area contributed by atoms with E-state index in [1.807, 2.05) is 43.2 Å². The average Bonchev–Trinajstić information content (AvgIpc) is 2.99. The molecule has 3 rings (SSSR count). The van der Waals surface area contributed by atoms with Crippen molar-refractivity contribution in [3.05, 3.63) is 46.5 Å². The largest absolute Gasteiger partial charge is 0.326 e. The number of fused-ring (bicyclic) bond motifs is 1. The number of aryl methyl sites for hydroxylation is 3. The summed E-state index contributed by atoms with van der Waals surface area (Å²) in [5, 5.41) is 4.09. The molecule has 0 spiro atoms. The fraction of sp³-hybridized carbons (Fsp3) is 0.333. The number of rotatable bonds is 4. The van der Waals surface area contributed by atoms with Crippen LogP contribution in [0.25, 0.3) is 11.0 Å². The van der Waals surface area contributed by atoms with E-state index in [4.69, 9.17) is 11.6 Å². The molecule has 0 aliphatic carbocycles. The summed E-state index contributed by atoms with van der Waals surface area (Å²) in [5.74, 6) is 0.911. The molecule has 1 aromatic carbocycles. The molecule has 0 saturated heterocycles. The van der Waals surface area contributed by atoms with Crippen molar-refractivity contribution in [2.24, 2.45) is 7.05 Å². The second kappa shape index (κ2) is 5.81. The molecule has 1 unspecified atom stereocenters. The molecule has 0 N–H and O–H groups in total. The molecule has 4 nitrogen and oxygen atoms in total. The van der Waals surface area contributed by atoms with Gasteiger partial charge in [-0.25, -0.2) is 4.98 Å². The van der Waals surface area contributed by atoms with E-state index in [-0.39, 0.29) is 5.38 Å². The van der Waals surface area contributed by atoms with E-state index in [1.165, 1.54) is 5.56 Å². The van der Waals surface area contributed by atoms with Gasteiger partial charge in [0.1, 0.15) is 5.82 Å². The quantitative estimate of drug-likeness (QED) is 0.652. The normalized spacial score (nSPS) is 13.0. The van der Waals surface area contributed by atoms with Crippen LogP contribution in [0.4, 0.5) is 0 Å². The van der Waals surface area contributed by atoms with Gasteiger partial charge < -0.3 is 4.57 Å². The lowest BCUT2D eigenvalue weighted by Gasteiger charge is -2.09. The topological polar surface area (TPSA) is 35.6 Å². The molecule has 0 aliphatic heterocycles. The summed E-state index contributed by atoms with van der Waals surface area (Å²) >= 11 is 9.78. The van der Waals surface area contributed by atoms with Crippen molar-refractivity contribution in [3.63, 3.8) is 0 Å². The maximum Gasteiger partial charge on any atom is 0.127 e. The van der Waals surface area contributed by atoms with Gasteiger partial charge in [-0.05, 0) is 37.1 Å². The van der Waals surface area contributed by atoms with Gasteiger partial charge >= 0.3 is 0 Å². The van der Waals surface area contributed by atoms with Gasteiger partial charge in [0, 0.05) is 24.3 Å².